The molecule has 0 aromatic heterocycles. The van der Waals surface area contributed by atoms with Gasteiger partial charge in [0.2, 0.25) is 21.8 Å². The molecule has 1 aliphatic rings. The molecule has 1 fully saturated rings. The van der Waals surface area contributed by atoms with Gasteiger partial charge in [-0.3, -0.25) is 9.59 Å². The quantitative estimate of drug-likeness (QED) is 0.572. The van der Waals surface area contributed by atoms with Gasteiger partial charge in [0.1, 0.15) is 5.75 Å². The third-order valence-corrected chi connectivity index (χ3v) is 7.92. The molecule has 1 heterocycles. The molecular formula is C24H31N3O5S. The van der Waals surface area contributed by atoms with E-state index < -0.39 is 15.9 Å². The number of likely N-dealkylation sites (tertiary alicyclic amines) is 1. The second kappa shape index (κ2) is 10.8. The summed E-state index contributed by atoms with van der Waals surface area (Å²) in [6.07, 6.45) is 0.848. The van der Waals surface area contributed by atoms with E-state index in [-0.39, 0.29) is 28.8 Å². The van der Waals surface area contributed by atoms with Crippen molar-refractivity contribution in [3.8, 4) is 5.75 Å². The molecular weight excluding hydrogens is 442 g/mol. The van der Waals surface area contributed by atoms with Crippen LogP contribution >= 0.6 is 0 Å². The Bertz CT molecular complexity index is 1080. The maximum Gasteiger partial charge on any atom is 0.243 e. The molecule has 0 radical (unpaired) electrons. The van der Waals surface area contributed by atoms with Crippen LogP contribution in [0.15, 0.2) is 53.4 Å². The predicted octanol–water partition coefficient (Wildman–Crippen LogP) is 2.76. The van der Waals surface area contributed by atoms with E-state index in [0.29, 0.717) is 31.9 Å². The van der Waals surface area contributed by atoms with Crippen LogP contribution in [0.1, 0.15) is 25.8 Å². The summed E-state index contributed by atoms with van der Waals surface area (Å²) in [5.74, 6) is -0.551. The minimum atomic E-state index is -3.69. The zero-order valence-electron chi connectivity index (χ0n) is 19.3. The predicted molar refractivity (Wildman–Crippen MR) is 127 cm³/mol. The van der Waals surface area contributed by atoms with Gasteiger partial charge in [-0.05, 0) is 30.2 Å². The van der Waals surface area contributed by atoms with Crippen LogP contribution < -0.4 is 10.1 Å². The minimum absolute atomic E-state index is 0.0593. The Balaban J connectivity index is 1.71. The van der Waals surface area contributed by atoms with E-state index in [4.69, 9.17) is 4.74 Å². The van der Waals surface area contributed by atoms with Crippen LogP contribution in [0, 0.1) is 5.92 Å². The molecule has 2 aromatic rings. The van der Waals surface area contributed by atoms with Gasteiger partial charge >= 0.3 is 0 Å². The van der Waals surface area contributed by atoms with E-state index in [0.717, 1.165) is 12.0 Å². The molecule has 1 N–H and O–H groups in total. The fourth-order valence-electron chi connectivity index (χ4n) is 3.97. The molecule has 0 spiro atoms. The number of carbonyl (C=O) groups is 2. The highest BCUT2D eigenvalue weighted by Gasteiger charge is 2.34. The van der Waals surface area contributed by atoms with E-state index in [2.05, 4.69) is 5.32 Å². The summed E-state index contributed by atoms with van der Waals surface area (Å²) in [6.45, 7) is 5.11. The first-order valence-corrected chi connectivity index (χ1v) is 12.5. The summed E-state index contributed by atoms with van der Waals surface area (Å²) < 4.78 is 32.4. The molecule has 0 saturated carbocycles. The van der Waals surface area contributed by atoms with Gasteiger partial charge in [0.25, 0.3) is 0 Å². The van der Waals surface area contributed by atoms with E-state index in [9.17, 15) is 18.0 Å². The molecule has 9 heteroatoms. The first kappa shape index (κ1) is 24.7. The lowest BCUT2D eigenvalue weighted by Gasteiger charge is -2.20. The highest BCUT2D eigenvalue weighted by molar-refractivity contribution is 7.89. The van der Waals surface area contributed by atoms with Crippen LogP contribution in [-0.4, -0.2) is 62.7 Å². The van der Waals surface area contributed by atoms with Crippen molar-refractivity contribution in [3.63, 3.8) is 0 Å². The topological polar surface area (TPSA) is 96.0 Å². The molecule has 2 aromatic carbocycles. The number of anilines is 1. The summed E-state index contributed by atoms with van der Waals surface area (Å²) in [7, 11) is -2.24. The highest BCUT2D eigenvalue weighted by atomic mass is 32.2. The van der Waals surface area contributed by atoms with Crippen molar-refractivity contribution in [2.24, 2.45) is 5.92 Å². The van der Waals surface area contributed by atoms with Gasteiger partial charge in [-0.15, -0.1) is 0 Å². The monoisotopic (exact) mass is 473 g/mol. The van der Waals surface area contributed by atoms with Gasteiger partial charge in [-0.25, -0.2) is 8.42 Å². The molecule has 1 saturated heterocycles. The van der Waals surface area contributed by atoms with Gasteiger partial charge in [0.05, 0.1) is 23.6 Å². The van der Waals surface area contributed by atoms with Crippen molar-refractivity contribution in [2.45, 2.75) is 31.6 Å². The smallest absolute Gasteiger partial charge is 0.243 e. The first-order valence-electron chi connectivity index (χ1n) is 11.1. The molecule has 1 aliphatic heterocycles. The number of hydrogen-bond donors (Lipinski definition) is 1. The molecule has 2 amide bonds. The number of amides is 2. The zero-order valence-corrected chi connectivity index (χ0v) is 20.1. The van der Waals surface area contributed by atoms with Crippen LogP contribution in [0.4, 0.5) is 5.69 Å². The lowest BCUT2D eigenvalue weighted by Crippen LogP contribution is -2.31. The number of methoxy groups -OCH3 is 1. The fourth-order valence-corrected chi connectivity index (χ4v) is 5.45. The maximum absolute atomic E-state index is 13.0. The summed E-state index contributed by atoms with van der Waals surface area (Å²) in [5.41, 5.74) is 1.40. The Morgan fingerprint density at radius 3 is 2.48 bits per heavy atom. The minimum Gasteiger partial charge on any atom is -0.495 e. The molecule has 33 heavy (non-hydrogen) atoms. The maximum atomic E-state index is 13.0. The summed E-state index contributed by atoms with van der Waals surface area (Å²) >= 11 is 0. The van der Waals surface area contributed by atoms with Gasteiger partial charge in [0, 0.05) is 32.6 Å². The largest absolute Gasteiger partial charge is 0.495 e. The number of ether oxygens (including phenoxy) is 1. The van der Waals surface area contributed by atoms with E-state index in [1.165, 1.54) is 29.6 Å². The van der Waals surface area contributed by atoms with Gasteiger partial charge < -0.3 is 15.0 Å². The Morgan fingerprint density at radius 1 is 1.15 bits per heavy atom. The third-order valence-electron chi connectivity index (χ3n) is 5.87. The number of sulfonamides is 1. The lowest BCUT2D eigenvalue weighted by atomic mass is 10.1. The van der Waals surface area contributed by atoms with Crippen LogP contribution in [0.2, 0.25) is 0 Å². The number of hydrogen-bond acceptors (Lipinski definition) is 5. The van der Waals surface area contributed by atoms with E-state index in [1.807, 2.05) is 30.3 Å². The number of carbonyl (C=O) groups excluding carboxylic acids is 2. The zero-order chi connectivity index (χ0) is 24.0. The number of rotatable bonds is 10. The number of nitrogens with zero attached hydrogens (tertiary/aromatic N) is 2. The van der Waals surface area contributed by atoms with Crippen molar-refractivity contribution < 1.29 is 22.7 Å². The van der Waals surface area contributed by atoms with Crippen molar-refractivity contribution in [2.75, 3.05) is 38.6 Å². The van der Waals surface area contributed by atoms with Crippen molar-refractivity contribution in [1.82, 2.24) is 9.21 Å². The SMILES string of the molecule is CCN(CC)S(=O)(=O)c1ccc(OC)c(NC(=O)[C@@H]2CC(=O)N(CCc3ccccc3)C2)c1. The van der Waals surface area contributed by atoms with Crippen LogP contribution in [0.25, 0.3) is 0 Å². The van der Waals surface area contributed by atoms with Crippen LogP contribution in [0.3, 0.4) is 0 Å². The molecule has 0 unspecified atom stereocenters. The van der Waals surface area contributed by atoms with Crippen LogP contribution in [0.5, 0.6) is 5.75 Å². The van der Waals surface area contributed by atoms with E-state index in [1.54, 1.807) is 18.7 Å². The second-order valence-corrected chi connectivity index (χ2v) is 9.86. The number of nitrogens with one attached hydrogen (secondary N) is 1. The summed E-state index contributed by atoms with van der Waals surface area (Å²) in [5, 5.41) is 2.78. The Hall–Kier alpha value is -2.91. The lowest BCUT2D eigenvalue weighted by molar-refractivity contribution is -0.128. The molecule has 8 nitrogen and oxygen atoms in total. The van der Waals surface area contributed by atoms with E-state index >= 15 is 0 Å². The molecule has 3 rings (SSSR count). The van der Waals surface area contributed by atoms with Crippen molar-refractivity contribution in [3.05, 3.63) is 54.1 Å². The highest BCUT2D eigenvalue weighted by Crippen LogP contribution is 2.30. The second-order valence-electron chi connectivity index (χ2n) is 7.92. The summed E-state index contributed by atoms with van der Waals surface area (Å²) in [4.78, 5) is 27.2. The van der Waals surface area contributed by atoms with Crippen LogP contribution in [-0.2, 0) is 26.0 Å². The van der Waals surface area contributed by atoms with Crippen molar-refractivity contribution in [1.29, 1.82) is 0 Å². The Labute approximate surface area is 195 Å². The average molecular weight is 474 g/mol. The molecule has 178 valence electrons. The normalized spacial score (nSPS) is 16.3. The van der Waals surface area contributed by atoms with Crippen molar-refractivity contribution >= 4 is 27.5 Å². The third kappa shape index (κ3) is 5.72. The van der Waals surface area contributed by atoms with Gasteiger partial charge in [-0.1, -0.05) is 44.2 Å². The number of benzene rings is 2. The Morgan fingerprint density at radius 2 is 1.85 bits per heavy atom. The molecule has 0 bridgehead atoms. The average Bonchev–Trinajstić information content (AvgIpc) is 3.19. The Kier molecular flexibility index (Phi) is 8.10. The molecule has 1 atom stereocenters. The standard InChI is InChI=1S/C24H31N3O5S/c1-4-27(5-2)33(30,31)20-11-12-22(32-3)21(16-20)25-24(29)19-15-23(28)26(17-19)14-13-18-9-7-6-8-10-18/h6-12,16,19H,4-5,13-15,17H2,1-3H3,(H,25,29)/t19-/m1/s1. The summed E-state index contributed by atoms with van der Waals surface area (Å²) in [6, 6.07) is 14.3. The molecule has 0 aliphatic carbocycles. The van der Waals surface area contributed by atoms with Gasteiger partial charge in [0.15, 0.2) is 0 Å². The van der Waals surface area contributed by atoms with Gasteiger partial charge in [-0.2, -0.15) is 4.31 Å². The fraction of sp³-hybridized carbons (Fsp3) is 0.417. The first-order chi connectivity index (χ1) is 15.8.